The van der Waals surface area contributed by atoms with Gasteiger partial charge in [0, 0.05) is 10.9 Å². The SMILES string of the molecule is N#CCc1cc(OC(F)(F)F)c(CBr)[nH]c1=O. The number of H-pyrrole nitrogens is 1. The molecule has 1 N–H and O–H groups in total. The van der Waals surface area contributed by atoms with Gasteiger partial charge in [0.05, 0.1) is 18.2 Å². The number of hydrogen-bond donors (Lipinski definition) is 1. The summed E-state index contributed by atoms with van der Waals surface area (Å²) in [6, 6.07) is 2.61. The average molecular weight is 311 g/mol. The van der Waals surface area contributed by atoms with Crippen molar-refractivity contribution in [1.29, 1.82) is 5.26 Å². The minimum atomic E-state index is -4.85. The molecule has 0 bridgehead atoms. The lowest BCUT2D eigenvalue weighted by Crippen LogP contribution is -2.21. The Hall–Kier alpha value is -1.49. The van der Waals surface area contributed by atoms with Gasteiger partial charge in [0.2, 0.25) is 0 Å². The summed E-state index contributed by atoms with van der Waals surface area (Å²) in [6.07, 6.45) is -5.13. The fraction of sp³-hybridized carbons (Fsp3) is 0.333. The van der Waals surface area contributed by atoms with Crippen molar-refractivity contribution in [2.75, 3.05) is 0 Å². The van der Waals surface area contributed by atoms with Crippen molar-refractivity contribution in [2.24, 2.45) is 0 Å². The zero-order valence-electron chi connectivity index (χ0n) is 8.27. The van der Waals surface area contributed by atoms with Crippen LogP contribution in [0.5, 0.6) is 5.75 Å². The number of rotatable bonds is 3. The van der Waals surface area contributed by atoms with Crippen molar-refractivity contribution >= 4 is 15.9 Å². The predicted octanol–water partition coefficient (Wildman–Crippen LogP) is 2.23. The van der Waals surface area contributed by atoms with Gasteiger partial charge in [0.1, 0.15) is 5.75 Å². The number of pyridine rings is 1. The fourth-order valence-electron chi connectivity index (χ4n) is 1.12. The highest BCUT2D eigenvalue weighted by Crippen LogP contribution is 2.26. The summed E-state index contributed by atoms with van der Waals surface area (Å²) < 4.78 is 40.0. The largest absolute Gasteiger partial charge is 0.573 e. The smallest absolute Gasteiger partial charge is 0.404 e. The zero-order chi connectivity index (χ0) is 13.1. The van der Waals surface area contributed by atoms with Crippen molar-refractivity contribution in [2.45, 2.75) is 18.1 Å². The maximum Gasteiger partial charge on any atom is 0.573 e. The molecular weight excluding hydrogens is 305 g/mol. The van der Waals surface area contributed by atoms with Gasteiger partial charge >= 0.3 is 6.36 Å². The molecule has 8 heteroatoms. The maximum atomic E-state index is 12.1. The Morgan fingerprint density at radius 2 is 2.18 bits per heavy atom. The Morgan fingerprint density at radius 3 is 2.65 bits per heavy atom. The number of aromatic amines is 1. The number of hydrogen-bond acceptors (Lipinski definition) is 3. The van der Waals surface area contributed by atoms with Crippen LogP contribution in [-0.4, -0.2) is 11.3 Å². The van der Waals surface area contributed by atoms with Crippen LogP contribution in [0.4, 0.5) is 13.2 Å². The predicted molar refractivity (Wildman–Crippen MR) is 55.7 cm³/mol. The molecule has 0 aromatic carbocycles. The summed E-state index contributed by atoms with van der Waals surface area (Å²) in [6.45, 7) is 0. The van der Waals surface area contributed by atoms with E-state index in [0.717, 1.165) is 6.07 Å². The third kappa shape index (κ3) is 3.78. The summed E-state index contributed by atoms with van der Waals surface area (Å²) in [5.41, 5.74) is -0.707. The van der Waals surface area contributed by atoms with Gasteiger partial charge < -0.3 is 9.72 Å². The van der Waals surface area contributed by atoms with E-state index in [1.165, 1.54) is 0 Å². The minimum Gasteiger partial charge on any atom is -0.404 e. The van der Waals surface area contributed by atoms with Crippen molar-refractivity contribution < 1.29 is 17.9 Å². The lowest BCUT2D eigenvalue weighted by Gasteiger charge is -2.12. The van der Waals surface area contributed by atoms with Gasteiger partial charge in [-0.2, -0.15) is 5.26 Å². The first-order chi connectivity index (χ1) is 7.87. The highest BCUT2D eigenvalue weighted by Gasteiger charge is 2.32. The summed E-state index contributed by atoms with van der Waals surface area (Å²) in [5.74, 6) is -0.515. The van der Waals surface area contributed by atoms with Crippen molar-refractivity contribution in [3.05, 3.63) is 27.7 Å². The van der Waals surface area contributed by atoms with Crippen molar-refractivity contribution in [3.8, 4) is 11.8 Å². The van der Waals surface area contributed by atoms with E-state index in [-0.39, 0.29) is 23.0 Å². The number of halogens is 4. The molecule has 0 amide bonds. The van der Waals surface area contributed by atoms with Crippen molar-refractivity contribution in [1.82, 2.24) is 4.98 Å². The molecule has 92 valence electrons. The van der Waals surface area contributed by atoms with Gasteiger partial charge in [-0.25, -0.2) is 0 Å². The number of aromatic nitrogens is 1. The Bertz CT molecular complexity index is 504. The molecule has 1 aromatic heterocycles. The molecule has 0 saturated carbocycles. The molecule has 1 heterocycles. The van der Waals surface area contributed by atoms with Crippen LogP contribution >= 0.6 is 15.9 Å². The molecule has 0 aliphatic carbocycles. The van der Waals surface area contributed by atoms with Gasteiger partial charge in [0.15, 0.2) is 0 Å². The minimum absolute atomic E-state index is 0.000483. The number of ether oxygens (including phenoxy) is 1. The molecule has 1 rings (SSSR count). The van der Waals surface area contributed by atoms with Crippen LogP contribution in [0.15, 0.2) is 10.9 Å². The molecule has 0 fully saturated rings. The summed E-state index contributed by atoms with van der Waals surface area (Å²) in [4.78, 5) is 13.6. The Morgan fingerprint density at radius 1 is 1.53 bits per heavy atom. The fourth-order valence-corrected chi connectivity index (χ4v) is 1.54. The third-order valence-electron chi connectivity index (χ3n) is 1.79. The molecular formula is C9H6BrF3N2O2. The summed E-state index contributed by atoms with van der Waals surface area (Å²) >= 11 is 2.93. The molecule has 0 unspecified atom stereocenters. The van der Waals surface area contributed by atoms with Crippen molar-refractivity contribution in [3.63, 3.8) is 0 Å². The van der Waals surface area contributed by atoms with E-state index in [4.69, 9.17) is 5.26 Å². The van der Waals surface area contributed by atoms with Crippen LogP contribution in [0.3, 0.4) is 0 Å². The second-order valence-electron chi connectivity index (χ2n) is 2.98. The first-order valence-electron chi connectivity index (χ1n) is 4.31. The van der Waals surface area contributed by atoms with Crippen LogP contribution in [0, 0.1) is 11.3 Å². The first-order valence-corrected chi connectivity index (χ1v) is 5.43. The third-order valence-corrected chi connectivity index (χ3v) is 2.35. The van der Waals surface area contributed by atoms with Gasteiger partial charge in [-0.3, -0.25) is 4.79 Å². The van der Waals surface area contributed by atoms with Gasteiger partial charge in [-0.15, -0.1) is 13.2 Å². The highest BCUT2D eigenvalue weighted by atomic mass is 79.9. The van der Waals surface area contributed by atoms with E-state index < -0.39 is 17.7 Å². The molecule has 0 aliphatic rings. The standard InChI is InChI=1S/C9H6BrF3N2O2/c10-4-6-7(17-9(11,12)13)3-5(1-2-14)8(16)15-6/h3H,1,4H2,(H,15,16). The van der Waals surface area contributed by atoms with E-state index in [1.807, 2.05) is 0 Å². The topological polar surface area (TPSA) is 65.9 Å². The maximum absolute atomic E-state index is 12.1. The number of nitrogens with one attached hydrogen (secondary N) is 1. The van der Waals surface area contributed by atoms with E-state index in [1.54, 1.807) is 6.07 Å². The quantitative estimate of drug-likeness (QED) is 0.871. The lowest BCUT2D eigenvalue weighted by atomic mass is 10.2. The highest BCUT2D eigenvalue weighted by molar-refractivity contribution is 9.08. The molecule has 0 spiro atoms. The van der Waals surface area contributed by atoms with Crippen LogP contribution in [-0.2, 0) is 11.8 Å². The molecule has 0 aliphatic heterocycles. The van der Waals surface area contributed by atoms with Crippen LogP contribution in [0.2, 0.25) is 0 Å². The molecule has 4 nitrogen and oxygen atoms in total. The van der Waals surface area contributed by atoms with Crippen LogP contribution < -0.4 is 10.3 Å². The van der Waals surface area contributed by atoms with E-state index in [0.29, 0.717) is 0 Å². The summed E-state index contributed by atoms with van der Waals surface area (Å²) in [5, 5.41) is 8.42. The number of alkyl halides is 4. The van der Waals surface area contributed by atoms with Gasteiger partial charge in [-0.05, 0) is 6.07 Å². The van der Waals surface area contributed by atoms with Crippen LogP contribution in [0.25, 0.3) is 0 Å². The Kier molecular flexibility index (Phi) is 4.17. The normalized spacial score (nSPS) is 11.0. The van der Waals surface area contributed by atoms with E-state index in [2.05, 4.69) is 25.7 Å². The number of nitriles is 1. The number of nitrogens with zero attached hydrogens (tertiary/aromatic N) is 1. The Balaban J connectivity index is 3.23. The van der Waals surface area contributed by atoms with Gasteiger partial charge in [-0.1, -0.05) is 15.9 Å². The van der Waals surface area contributed by atoms with E-state index >= 15 is 0 Å². The molecule has 0 saturated heterocycles. The lowest BCUT2D eigenvalue weighted by molar-refractivity contribution is -0.275. The monoisotopic (exact) mass is 310 g/mol. The zero-order valence-corrected chi connectivity index (χ0v) is 9.85. The molecule has 1 aromatic rings. The second kappa shape index (κ2) is 5.23. The second-order valence-corrected chi connectivity index (χ2v) is 3.54. The first kappa shape index (κ1) is 13.6. The Labute approximate surface area is 102 Å². The van der Waals surface area contributed by atoms with Crippen LogP contribution in [0.1, 0.15) is 11.3 Å². The molecule has 0 atom stereocenters. The van der Waals surface area contributed by atoms with Gasteiger partial charge in [0.25, 0.3) is 5.56 Å². The molecule has 0 radical (unpaired) electrons. The summed E-state index contributed by atoms with van der Waals surface area (Å²) in [7, 11) is 0. The molecule has 17 heavy (non-hydrogen) atoms. The van der Waals surface area contributed by atoms with E-state index in [9.17, 15) is 18.0 Å². The average Bonchev–Trinajstić information content (AvgIpc) is 2.20.